The zero-order valence-electron chi connectivity index (χ0n) is 11.5. The Balaban J connectivity index is 1.72. The van der Waals surface area contributed by atoms with E-state index in [1.54, 1.807) is 4.90 Å². The lowest BCUT2D eigenvalue weighted by atomic mass is 9.96. The van der Waals surface area contributed by atoms with Crippen LogP contribution in [0.15, 0.2) is 0 Å². The fourth-order valence-corrected chi connectivity index (χ4v) is 4.81. The summed E-state index contributed by atoms with van der Waals surface area (Å²) < 4.78 is 0. The van der Waals surface area contributed by atoms with Crippen LogP contribution in [-0.4, -0.2) is 34.9 Å². The summed E-state index contributed by atoms with van der Waals surface area (Å²) in [6, 6.07) is 2.22. The maximum atomic E-state index is 12.1. The van der Waals surface area contributed by atoms with Crippen molar-refractivity contribution in [2.45, 2.75) is 25.7 Å². The van der Waals surface area contributed by atoms with Crippen molar-refractivity contribution in [2.24, 2.45) is 0 Å². The number of carbonyl (C=O) groups excluding carboxylic acids is 2. The standard InChI is InChI=1S/C14H15N3O2S2/c15-5-10-9-3-1-2-4-11(9)21-14(10)16-12(18)6-17-8-20-7-13(17)19/h1-4,6-8H2,(H,16,18). The smallest absolute Gasteiger partial charge is 0.244 e. The van der Waals surface area contributed by atoms with Gasteiger partial charge in [-0.1, -0.05) is 0 Å². The second-order valence-corrected chi connectivity index (χ2v) is 7.20. The van der Waals surface area contributed by atoms with E-state index >= 15 is 0 Å². The number of nitrogens with zero attached hydrogens (tertiary/aromatic N) is 2. The van der Waals surface area contributed by atoms with Crippen LogP contribution in [-0.2, 0) is 22.4 Å². The molecular weight excluding hydrogens is 306 g/mol. The Morgan fingerprint density at radius 1 is 1.38 bits per heavy atom. The lowest BCUT2D eigenvalue weighted by molar-refractivity contribution is -0.130. The van der Waals surface area contributed by atoms with E-state index in [4.69, 9.17) is 0 Å². The van der Waals surface area contributed by atoms with Crippen LogP contribution in [0, 0.1) is 11.3 Å². The van der Waals surface area contributed by atoms with Crippen molar-refractivity contribution in [3.63, 3.8) is 0 Å². The molecular formula is C14H15N3O2S2. The van der Waals surface area contributed by atoms with Gasteiger partial charge in [0.15, 0.2) is 0 Å². The molecule has 0 radical (unpaired) electrons. The lowest BCUT2D eigenvalue weighted by Gasteiger charge is -2.13. The molecule has 0 aromatic carbocycles. The van der Waals surface area contributed by atoms with Gasteiger partial charge in [0.25, 0.3) is 0 Å². The Labute approximate surface area is 131 Å². The Morgan fingerprint density at radius 3 is 2.90 bits per heavy atom. The Bertz CT molecular complexity index is 633. The predicted molar refractivity (Wildman–Crippen MR) is 83.3 cm³/mol. The Hall–Kier alpha value is -1.52. The molecule has 110 valence electrons. The molecule has 5 nitrogen and oxygen atoms in total. The number of nitriles is 1. The van der Waals surface area contributed by atoms with Gasteiger partial charge in [0.1, 0.15) is 17.6 Å². The van der Waals surface area contributed by atoms with Crippen LogP contribution in [0.1, 0.15) is 28.8 Å². The van der Waals surface area contributed by atoms with Crippen molar-refractivity contribution in [1.82, 2.24) is 4.90 Å². The first-order valence-electron chi connectivity index (χ1n) is 6.89. The lowest BCUT2D eigenvalue weighted by Crippen LogP contribution is -2.34. The number of anilines is 1. The van der Waals surface area contributed by atoms with E-state index in [1.165, 1.54) is 28.0 Å². The summed E-state index contributed by atoms with van der Waals surface area (Å²) in [5, 5.41) is 12.8. The van der Waals surface area contributed by atoms with E-state index in [1.807, 2.05) is 0 Å². The number of amides is 2. The van der Waals surface area contributed by atoms with Gasteiger partial charge in [0.05, 0.1) is 17.2 Å². The largest absolute Gasteiger partial charge is 0.323 e. The molecule has 1 N–H and O–H groups in total. The van der Waals surface area contributed by atoms with Crippen LogP contribution in [0.2, 0.25) is 0 Å². The van der Waals surface area contributed by atoms with Gasteiger partial charge < -0.3 is 10.2 Å². The molecule has 2 heterocycles. The molecule has 1 aliphatic heterocycles. The second kappa shape index (κ2) is 6.08. The molecule has 3 rings (SSSR count). The minimum Gasteiger partial charge on any atom is -0.323 e. The summed E-state index contributed by atoms with van der Waals surface area (Å²) in [4.78, 5) is 26.4. The molecule has 1 aromatic heterocycles. The quantitative estimate of drug-likeness (QED) is 0.924. The fraction of sp³-hybridized carbons (Fsp3) is 0.500. The first-order chi connectivity index (χ1) is 10.2. The first-order valence-corrected chi connectivity index (χ1v) is 8.86. The molecule has 1 aromatic rings. The average molecular weight is 321 g/mol. The highest BCUT2D eigenvalue weighted by Gasteiger charge is 2.25. The van der Waals surface area contributed by atoms with E-state index in [9.17, 15) is 14.9 Å². The number of aryl methyl sites for hydroxylation is 1. The molecule has 1 aliphatic carbocycles. The number of nitrogens with one attached hydrogen (secondary N) is 1. The zero-order chi connectivity index (χ0) is 14.8. The molecule has 0 unspecified atom stereocenters. The molecule has 1 saturated heterocycles. The average Bonchev–Trinajstić information content (AvgIpc) is 3.02. The third-order valence-corrected chi connectivity index (χ3v) is 5.85. The normalized spacial score (nSPS) is 17.5. The summed E-state index contributed by atoms with van der Waals surface area (Å²) in [5.41, 5.74) is 1.72. The van der Waals surface area contributed by atoms with Gasteiger partial charge in [-0.05, 0) is 31.2 Å². The molecule has 0 atom stereocenters. The van der Waals surface area contributed by atoms with Crippen molar-refractivity contribution < 1.29 is 9.59 Å². The molecule has 2 aliphatic rings. The predicted octanol–water partition coefficient (Wildman–Crippen LogP) is 1.97. The van der Waals surface area contributed by atoms with Gasteiger partial charge in [-0.15, -0.1) is 23.1 Å². The number of thiophene rings is 1. The van der Waals surface area contributed by atoms with E-state index in [0.717, 1.165) is 31.2 Å². The zero-order valence-corrected chi connectivity index (χ0v) is 13.1. The highest BCUT2D eigenvalue weighted by Crippen LogP contribution is 2.37. The van der Waals surface area contributed by atoms with Gasteiger partial charge in [-0.2, -0.15) is 5.26 Å². The minimum atomic E-state index is -0.221. The third kappa shape index (κ3) is 2.92. The number of hydrogen-bond donors (Lipinski definition) is 1. The molecule has 7 heteroatoms. The summed E-state index contributed by atoms with van der Waals surface area (Å²) in [5.74, 6) is 0.796. The Kier molecular flexibility index (Phi) is 4.17. The third-order valence-electron chi connectivity index (χ3n) is 3.70. The fourth-order valence-electron chi connectivity index (χ4n) is 2.65. The summed E-state index contributed by atoms with van der Waals surface area (Å²) >= 11 is 3.03. The van der Waals surface area contributed by atoms with Crippen LogP contribution in [0.4, 0.5) is 5.00 Å². The van der Waals surface area contributed by atoms with Crippen LogP contribution in [0.3, 0.4) is 0 Å². The Morgan fingerprint density at radius 2 is 2.19 bits per heavy atom. The monoisotopic (exact) mass is 321 g/mol. The van der Waals surface area contributed by atoms with Crippen LogP contribution in [0.25, 0.3) is 0 Å². The molecule has 1 fully saturated rings. The van der Waals surface area contributed by atoms with Gasteiger partial charge in [-0.25, -0.2) is 0 Å². The number of rotatable bonds is 3. The van der Waals surface area contributed by atoms with Gasteiger partial charge in [-0.3, -0.25) is 9.59 Å². The first kappa shape index (κ1) is 14.4. The number of hydrogen-bond acceptors (Lipinski definition) is 5. The van der Waals surface area contributed by atoms with E-state index < -0.39 is 0 Å². The van der Waals surface area contributed by atoms with Gasteiger partial charge in [0.2, 0.25) is 11.8 Å². The summed E-state index contributed by atoms with van der Waals surface area (Å²) in [7, 11) is 0. The summed E-state index contributed by atoms with van der Waals surface area (Å²) in [6.45, 7) is 0.0687. The molecule has 0 bridgehead atoms. The van der Waals surface area contributed by atoms with E-state index in [2.05, 4.69) is 11.4 Å². The van der Waals surface area contributed by atoms with Crippen molar-refractivity contribution in [2.75, 3.05) is 23.5 Å². The molecule has 0 saturated carbocycles. The van der Waals surface area contributed by atoms with Crippen molar-refractivity contribution in [3.05, 3.63) is 16.0 Å². The topological polar surface area (TPSA) is 73.2 Å². The van der Waals surface area contributed by atoms with Gasteiger partial charge >= 0.3 is 0 Å². The van der Waals surface area contributed by atoms with Crippen LogP contribution in [0.5, 0.6) is 0 Å². The number of carbonyl (C=O) groups is 2. The number of fused-ring (bicyclic) bond motifs is 1. The molecule has 0 spiro atoms. The molecule has 2 amide bonds. The summed E-state index contributed by atoms with van der Waals surface area (Å²) in [6.07, 6.45) is 4.16. The second-order valence-electron chi connectivity index (χ2n) is 5.14. The van der Waals surface area contributed by atoms with Crippen LogP contribution >= 0.6 is 23.1 Å². The SMILES string of the molecule is N#Cc1c(NC(=O)CN2CSCC2=O)sc2c1CCCC2. The highest BCUT2D eigenvalue weighted by molar-refractivity contribution is 8.00. The molecule has 21 heavy (non-hydrogen) atoms. The maximum Gasteiger partial charge on any atom is 0.244 e. The number of thioether (sulfide) groups is 1. The van der Waals surface area contributed by atoms with Crippen LogP contribution < -0.4 is 5.32 Å². The van der Waals surface area contributed by atoms with Crippen molar-refractivity contribution in [3.8, 4) is 6.07 Å². The highest BCUT2D eigenvalue weighted by atomic mass is 32.2. The minimum absolute atomic E-state index is 0.00105. The van der Waals surface area contributed by atoms with Crippen molar-refractivity contribution >= 4 is 39.9 Å². The van der Waals surface area contributed by atoms with E-state index in [0.29, 0.717) is 22.2 Å². The van der Waals surface area contributed by atoms with Crippen molar-refractivity contribution in [1.29, 1.82) is 5.26 Å². The van der Waals surface area contributed by atoms with Gasteiger partial charge in [0, 0.05) is 4.88 Å². The van der Waals surface area contributed by atoms with E-state index in [-0.39, 0.29) is 18.4 Å². The maximum absolute atomic E-state index is 12.1.